The molecular weight excluding hydrogens is 462 g/mol. The summed E-state index contributed by atoms with van der Waals surface area (Å²) in [5, 5.41) is 5.03. The van der Waals surface area contributed by atoms with E-state index in [0.717, 1.165) is 17.7 Å². The molecule has 0 radical (unpaired) electrons. The quantitative estimate of drug-likeness (QED) is 0.470. The Morgan fingerprint density at radius 3 is 1.77 bits per heavy atom. The lowest BCUT2D eigenvalue weighted by molar-refractivity contribution is 0.596. The molecule has 9 nitrogen and oxygen atoms in total. The van der Waals surface area contributed by atoms with Crippen LogP contribution in [0.5, 0.6) is 0 Å². The minimum Gasteiger partial charge on any atom is -0.280 e. The third-order valence-corrected chi connectivity index (χ3v) is 7.94. The Hall–Kier alpha value is -2.93. The fraction of sp³-hybridized carbons (Fsp3) is 0.0526. The number of hydrogen-bond acceptors (Lipinski definition) is 6. The molecule has 164 valence electrons. The molecule has 3 aromatic carbocycles. The normalized spacial score (nSPS) is 12.3. The van der Waals surface area contributed by atoms with Gasteiger partial charge in [-0.25, -0.2) is 30.4 Å². The van der Waals surface area contributed by atoms with E-state index in [0.29, 0.717) is 0 Å². The molecule has 0 aliphatic heterocycles. The van der Waals surface area contributed by atoms with Gasteiger partial charge in [0.1, 0.15) is 4.90 Å². The van der Waals surface area contributed by atoms with Crippen LogP contribution < -0.4 is 14.6 Å². The Morgan fingerprint density at radius 2 is 1.19 bits per heavy atom. The molecule has 0 aliphatic carbocycles. The third kappa shape index (κ3) is 5.41. The Labute approximate surface area is 181 Å². The van der Waals surface area contributed by atoms with Gasteiger partial charge in [-0.15, -0.1) is 0 Å². The fourth-order valence-corrected chi connectivity index (χ4v) is 5.51. The Bertz CT molecular complexity index is 1420. The van der Waals surface area contributed by atoms with Gasteiger partial charge in [-0.1, -0.05) is 29.8 Å². The zero-order valence-corrected chi connectivity index (χ0v) is 18.6. The number of primary sulfonamides is 1. The number of sulfonamides is 3. The van der Waals surface area contributed by atoms with E-state index in [9.17, 15) is 25.3 Å². The molecule has 0 atom stereocenters. The van der Waals surface area contributed by atoms with Gasteiger partial charge < -0.3 is 0 Å². The lowest BCUT2D eigenvalue weighted by Gasteiger charge is -2.14. The summed E-state index contributed by atoms with van der Waals surface area (Å²) in [4.78, 5) is -0.500. The second kappa shape index (κ2) is 8.30. The van der Waals surface area contributed by atoms with Gasteiger partial charge in [0.05, 0.1) is 15.5 Å². The maximum Gasteiger partial charge on any atom is 0.263 e. The predicted octanol–water partition coefficient (Wildman–Crippen LogP) is 2.24. The van der Waals surface area contributed by atoms with Crippen molar-refractivity contribution in [2.45, 2.75) is 21.6 Å². The highest BCUT2D eigenvalue weighted by atomic mass is 32.2. The van der Waals surface area contributed by atoms with Crippen molar-refractivity contribution in [1.29, 1.82) is 0 Å². The van der Waals surface area contributed by atoms with Gasteiger partial charge in [-0.2, -0.15) is 0 Å². The van der Waals surface area contributed by atoms with E-state index in [1.54, 1.807) is 12.1 Å². The van der Waals surface area contributed by atoms with Gasteiger partial charge in [0.25, 0.3) is 20.0 Å². The van der Waals surface area contributed by atoms with E-state index < -0.39 is 30.1 Å². The van der Waals surface area contributed by atoms with E-state index in [1.807, 2.05) is 6.92 Å². The SMILES string of the molecule is Cc1ccc(S(=O)(=O)Nc2ccccc2S(=O)(=O)Nc2ccc(S(N)(=O)=O)cc2)cc1. The van der Waals surface area contributed by atoms with Gasteiger partial charge in [0.15, 0.2) is 0 Å². The summed E-state index contributed by atoms with van der Waals surface area (Å²) in [5.41, 5.74) is 0.805. The fourth-order valence-electron chi connectivity index (χ4n) is 2.63. The second-order valence-electron chi connectivity index (χ2n) is 6.59. The second-order valence-corrected chi connectivity index (χ2v) is 11.5. The van der Waals surface area contributed by atoms with Crippen molar-refractivity contribution in [3.63, 3.8) is 0 Å². The van der Waals surface area contributed by atoms with Crippen molar-refractivity contribution in [2.75, 3.05) is 9.44 Å². The summed E-state index contributed by atoms with van der Waals surface area (Å²) < 4.78 is 78.4. The first-order chi connectivity index (χ1) is 14.4. The van der Waals surface area contributed by atoms with Crippen LogP contribution in [0.15, 0.2) is 87.5 Å². The van der Waals surface area contributed by atoms with Crippen LogP contribution in [0.3, 0.4) is 0 Å². The lowest BCUT2D eigenvalue weighted by Crippen LogP contribution is -2.19. The van der Waals surface area contributed by atoms with Gasteiger partial charge in [0, 0.05) is 5.69 Å². The van der Waals surface area contributed by atoms with Crippen LogP contribution in [-0.2, 0) is 30.1 Å². The minimum absolute atomic E-state index is 0.0168. The number of para-hydroxylation sites is 1. The molecule has 31 heavy (non-hydrogen) atoms. The molecule has 0 aliphatic rings. The van der Waals surface area contributed by atoms with E-state index in [4.69, 9.17) is 5.14 Å². The van der Waals surface area contributed by atoms with Crippen molar-refractivity contribution >= 4 is 41.4 Å². The van der Waals surface area contributed by atoms with Crippen LogP contribution in [0, 0.1) is 6.92 Å². The lowest BCUT2D eigenvalue weighted by atomic mass is 10.2. The van der Waals surface area contributed by atoms with Gasteiger partial charge in [-0.05, 0) is 55.5 Å². The standard InChI is InChI=1S/C19H19N3O6S3/c1-14-6-10-17(11-7-14)30(25,26)22-18-4-2-3-5-19(18)31(27,28)21-15-8-12-16(13-9-15)29(20,23)24/h2-13,21-22H,1H3,(H2,20,23,24). The minimum atomic E-state index is -4.21. The average molecular weight is 482 g/mol. The Balaban J connectivity index is 1.92. The summed E-state index contributed by atoms with van der Waals surface area (Å²) in [5.74, 6) is 0. The van der Waals surface area contributed by atoms with Crippen molar-refractivity contribution < 1.29 is 25.3 Å². The maximum absolute atomic E-state index is 12.9. The van der Waals surface area contributed by atoms with Crippen molar-refractivity contribution in [2.24, 2.45) is 5.14 Å². The van der Waals surface area contributed by atoms with Crippen LogP contribution in [-0.4, -0.2) is 25.3 Å². The summed E-state index contributed by atoms with van der Waals surface area (Å²) in [7, 11) is -12.2. The van der Waals surface area contributed by atoms with Gasteiger partial charge in [-0.3, -0.25) is 9.44 Å². The molecule has 0 aromatic heterocycles. The maximum atomic E-state index is 12.9. The number of aryl methyl sites for hydroxylation is 1. The van der Waals surface area contributed by atoms with Crippen molar-refractivity contribution in [3.8, 4) is 0 Å². The first-order valence-electron chi connectivity index (χ1n) is 8.73. The number of anilines is 2. The number of hydrogen-bond donors (Lipinski definition) is 3. The van der Waals surface area contributed by atoms with E-state index >= 15 is 0 Å². The average Bonchev–Trinajstić information content (AvgIpc) is 2.68. The molecule has 0 unspecified atom stereocenters. The largest absolute Gasteiger partial charge is 0.280 e. The predicted molar refractivity (Wildman–Crippen MR) is 117 cm³/mol. The number of nitrogens with one attached hydrogen (secondary N) is 2. The van der Waals surface area contributed by atoms with E-state index in [-0.39, 0.29) is 26.1 Å². The molecule has 0 amide bonds. The molecular formula is C19H19N3O6S3. The summed E-state index contributed by atoms with van der Waals surface area (Å²) in [6, 6.07) is 16.4. The molecule has 0 bridgehead atoms. The highest BCUT2D eigenvalue weighted by Crippen LogP contribution is 2.26. The number of benzene rings is 3. The topological polar surface area (TPSA) is 152 Å². The van der Waals surface area contributed by atoms with Crippen molar-refractivity contribution in [1.82, 2.24) is 0 Å². The molecule has 0 saturated carbocycles. The summed E-state index contributed by atoms with van der Waals surface area (Å²) >= 11 is 0. The molecule has 0 heterocycles. The first kappa shape index (κ1) is 22.7. The molecule has 3 rings (SSSR count). The third-order valence-electron chi connectivity index (χ3n) is 4.19. The highest BCUT2D eigenvalue weighted by molar-refractivity contribution is 7.94. The van der Waals surface area contributed by atoms with Crippen LogP contribution in [0.1, 0.15) is 5.56 Å². The summed E-state index contributed by atoms with van der Waals surface area (Å²) in [6.07, 6.45) is 0. The van der Waals surface area contributed by atoms with Crippen LogP contribution in [0.25, 0.3) is 0 Å². The smallest absolute Gasteiger partial charge is 0.263 e. The molecule has 0 saturated heterocycles. The molecule has 0 fully saturated rings. The monoisotopic (exact) mass is 481 g/mol. The molecule has 4 N–H and O–H groups in total. The molecule has 3 aromatic rings. The van der Waals surface area contributed by atoms with Gasteiger partial charge in [0.2, 0.25) is 10.0 Å². The zero-order chi connectivity index (χ0) is 22.9. The number of rotatable bonds is 7. The number of nitrogens with two attached hydrogens (primary N) is 1. The van der Waals surface area contributed by atoms with Gasteiger partial charge >= 0.3 is 0 Å². The summed E-state index contributed by atoms with van der Waals surface area (Å²) in [6.45, 7) is 1.81. The first-order valence-corrected chi connectivity index (χ1v) is 13.2. The highest BCUT2D eigenvalue weighted by Gasteiger charge is 2.23. The van der Waals surface area contributed by atoms with Crippen LogP contribution in [0.4, 0.5) is 11.4 Å². The van der Waals surface area contributed by atoms with Crippen molar-refractivity contribution in [3.05, 3.63) is 78.4 Å². The van der Waals surface area contributed by atoms with Crippen LogP contribution >= 0.6 is 0 Å². The molecule has 12 heteroatoms. The van der Waals surface area contributed by atoms with E-state index in [2.05, 4.69) is 9.44 Å². The Morgan fingerprint density at radius 1 is 0.645 bits per heavy atom. The molecule has 0 spiro atoms. The van der Waals surface area contributed by atoms with E-state index in [1.165, 1.54) is 48.5 Å². The Kier molecular flexibility index (Phi) is 6.09. The zero-order valence-electron chi connectivity index (χ0n) is 16.2. The van der Waals surface area contributed by atoms with Crippen LogP contribution in [0.2, 0.25) is 0 Å².